The Kier molecular flexibility index (Phi) is 8.88. The fourth-order valence-electron chi connectivity index (χ4n) is 4.30. The molecule has 1 saturated heterocycles. The van der Waals surface area contributed by atoms with E-state index in [4.69, 9.17) is 4.84 Å². The van der Waals surface area contributed by atoms with Gasteiger partial charge in [-0.2, -0.15) is 5.48 Å². The topological polar surface area (TPSA) is 78.0 Å². The molecule has 1 aliphatic heterocycles. The van der Waals surface area contributed by atoms with Gasteiger partial charge in [0.2, 0.25) is 0 Å². The van der Waals surface area contributed by atoms with Crippen molar-refractivity contribution in [1.82, 2.24) is 20.3 Å². The molecule has 36 heavy (non-hydrogen) atoms. The molecule has 1 N–H and O–H groups in total. The molecule has 0 atom stereocenters. The number of hydroxylamine groups is 1. The fraction of sp³-hybridized carbons (Fsp3) is 0.321. The summed E-state index contributed by atoms with van der Waals surface area (Å²) >= 11 is 0. The minimum Gasteiger partial charge on any atom is -0.369 e. The van der Waals surface area contributed by atoms with Gasteiger partial charge in [-0.3, -0.25) is 19.6 Å². The van der Waals surface area contributed by atoms with Crippen LogP contribution in [0, 0.1) is 0 Å². The highest BCUT2D eigenvalue weighted by Gasteiger charge is 2.20. The molecule has 1 fully saturated rings. The van der Waals surface area contributed by atoms with Crippen LogP contribution < -0.4 is 10.4 Å². The third-order valence-corrected chi connectivity index (χ3v) is 6.19. The van der Waals surface area contributed by atoms with Crippen LogP contribution in [0.2, 0.25) is 0 Å². The van der Waals surface area contributed by atoms with Gasteiger partial charge in [0.15, 0.2) is 0 Å². The van der Waals surface area contributed by atoms with E-state index >= 15 is 0 Å². The van der Waals surface area contributed by atoms with E-state index in [9.17, 15) is 9.59 Å². The minimum atomic E-state index is -0.640. The van der Waals surface area contributed by atoms with Crippen molar-refractivity contribution in [3.8, 4) is 0 Å². The number of hydrogen-bond donors (Lipinski definition) is 1. The highest BCUT2D eigenvalue weighted by molar-refractivity contribution is 5.95. The smallest absolute Gasteiger partial charge is 0.369 e. The molecular weight excluding hydrogens is 454 g/mol. The molecule has 2 amide bonds. The van der Waals surface area contributed by atoms with Gasteiger partial charge in [0.05, 0.1) is 6.54 Å². The molecule has 4 rings (SSSR count). The molecule has 0 radical (unpaired) electrons. The molecule has 8 nitrogen and oxygen atoms in total. The monoisotopic (exact) mass is 487 g/mol. The second-order valence-corrected chi connectivity index (χ2v) is 8.88. The maximum absolute atomic E-state index is 12.9. The second-order valence-electron chi connectivity index (χ2n) is 8.88. The molecule has 8 heteroatoms. The lowest BCUT2D eigenvalue weighted by Crippen LogP contribution is -2.46. The van der Waals surface area contributed by atoms with Crippen molar-refractivity contribution in [3.05, 3.63) is 95.8 Å². The Bertz CT molecular complexity index is 1080. The van der Waals surface area contributed by atoms with Crippen molar-refractivity contribution in [1.29, 1.82) is 0 Å². The summed E-state index contributed by atoms with van der Waals surface area (Å²) in [7, 11) is 0. The zero-order valence-electron chi connectivity index (χ0n) is 20.7. The summed E-state index contributed by atoms with van der Waals surface area (Å²) in [6.07, 6.45) is 3.90. The summed E-state index contributed by atoms with van der Waals surface area (Å²) in [5.41, 5.74) is 5.59. The molecule has 0 aliphatic carbocycles. The Morgan fingerprint density at radius 2 is 1.69 bits per heavy atom. The molecule has 0 spiro atoms. The summed E-state index contributed by atoms with van der Waals surface area (Å²) in [6, 6.07) is 20.8. The van der Waals surface area contributed by atoms with E-state index < -0.39 is 12.0 Å². The Labute approximate surface area is 212 Å². The lowest BCUT2D eigenvalue weighted by Gasteiger charge is -2.36. The number of aromatic nitrogens is 1. The van der Waals surface area contributed by atoms with Crippen molar-refractivity contribution in [2.45, 2.75) is 26.4 Å². The average molecular weight is 488 g/mol. The maximum atomic E-state index is 12.9. The van der Waals surface area contributed by atoms with Crippen LogP contribution in [0.5, 0.6) is 0 Å². The van der Waals surface area contributed by atoms with E-state index in [0.29, 0.717) is 18.7 Å². The number of pyridine rings is 1. The van der Waals surface area contributed by atoms with Gasteiger partial charge >= 0.3 is 6.09 Å². The van der Waals surface area contributed by atoms with Gasteiger partial charge < -0.3 is 9.74 Å². The molecular formula is C28H33N5O3. The predicted molar refractivity (Wildman–Crippen MR) is 139 cm³/mol. The number of piperazine rings is 1. The number of amides is 2. The van der Waals surface area contributed by atoms with Gasteiger partial charge in [-0.1, -0.05) is 49.4 Å². The summed E-state index contributed by atoms with van der Waals surface area (Å²) in [4.78, 5) is 41.4. The summed E-state index contributed by atoms with van der Waals surface area (Å²) in [5.74, 6) is -0.462. The van der Waals surface area contributed by atoms with E-state index in [1.807, 2.05) is 60.7 Å². The first kappa shape index (κ1) is 25.2. The predicted octanol–water partition coefficient (Wildman–Crippen LogP) is 4.10. The van der Waals surface area contributed by atoms with Crippen molar-refractivity contribution in [2.75, 3.05) is 37.6 Å². The van der Waals surface area contributed by atoms with E-state index in [0.717, 1.165) is 56.0 Å². The van der Waals surface area contributed by atoms with Crippen LogP contribution in [0.15, 0.2) is 79.1 Å². The standard InChI is InChI=1S/C28H33N5O3/c1-2-14-31-15-17-32(18-16-31)26-12-6-11-25(19-26)27(34)30-36-28(35)33(21-23-8-4-3-5-9-23)22-24-10-7-13-29-20-24/h3-13,19-20H,2,14-18,21-22H2,1H3,(H,30,34). The summed E-state index contributed by atoms with van der Waals surface area (Å²) in [6.45, 7) is 7.81. The zero-order valence-corrected chi connectivity index (χ0v) is 20.7. The summed E-state index contributed by atoms with van der Waals surface area (Å²) < 4.78 is 0. The number of carbonyl (C=O) groups is 2. The highest BCUT2D eigenvalue weighted by atomic mass is 16.7. The molecule has 2 aromatic carbocycles. The van der Waals surface area contributed by atoms with Crippen LogP contribution in [0.1, 0.15) is 34.8 Å². The van der Waals surface area contributed by atoms with Crippen molar-refractivity contribution in [3.63, 3.8) is 0 Å². The van der Waals surface area contributed by atoms with Crippen LogP contribution in [0.3, 0.4) is 0 Å². The Morgan fingerprint density at radius 1 is 0.944 bits per heavy atom. The van der Waals surface area contributed by atoms with E-state index in [2.05, 4.69) is 27.2 Å². The molecule has 2 heterocycles. The number of nitrogens with zero attached hydrogens (tertiary/aromatic N) is 4. The Balaban J connectivity index is 1.37. The second kappa shape index (κ2) is 12.7. The van der Waals surface area contributed by atoms with Gasteiger partial charge in [0.25, 0.3) is 5.91 Å². The first-order valence-electron chi connectivity index (χ1n) is 12.4. The first-order chi connectivity index (χ1) is 17.6. The summed E-state index contributed by atoms with van der Waals surface area (Å²) in [5, 5.41) is 0. The SMILES string of the molecule is CCCN1CCN(c2cccc(C(=O)NOC(=O)N(Cc3ccccc3)Cc3cccnc3)c2)CC1. The first-order valence-corrected chi connectivity index (χ1v) is 12.4. The van der Waals surface area contributed by atoms with Gasteiger partial charge in [-0.05, 0) is 48.4 Å². The number of rotatable bonds is 8. The largest absolute Gasteiger partial charge is 0.434 e. The molecule has 0 unspecified atom stereocenters. The maximum Gasteiger partial charge on any atom is 0.434 e. The molecule has 0 saturated carbocycles. The Hall–Kier alpha value is -3.91. The molecule has 1 aliphatic rings. The van der Waals surface area contributed by atoms with Gasteiger partial charge in [-0.15, -0.1) is 0 Å². The van der Waals surface area contributed by atoms with E-state index in [1.54, 1.807) is 18.5 Å². The van der Waals surface area contributed by atoms with Crippen LogP contribution in [-0.2, 0) is 17.9 Å². The van der Waals surface area contributed by atoms with Gasteiger partial charge in [-0.25, -0.2) is 4.79 Å². The highest BCUT2D eigenvalue weighted by Crippen LogP contribution is 2.19. The number of carbonyl (C=O) groups excluding carboxylic acids is 2. The van der Waals surface area contributed by atoms with Gasteiger partial charge in [0.1, 0.15) is 0 Å². The lowest BCUT2D eigenvalue weighted by molar-refractivity contribution is 0.0397. The van der Waals surface area contributed by atoms with Gasteiger partial charge in [0, 0.05) is 56.4 Å². The van der Waals surface area contributed by atoms with Crippen LogP contribution in [-0.4, -0.2) is 59.5 Å². The average Bonchev–Trinajstić information content (AvgIpc) is 2.93. The molecule has 3 aromatic rings. The number of anilines is 1. The molecule has 188 valence electrons. The van der Waals surface area contributed by atoms with Crippen LogP contribution in [0.25, 0.3) is 0 Å². The van der Waals surface area contributed by atoms with Crippen molar-refractivity contribution >= 4 is 17.7 Å². The lowest BCUT2D eigenvalue weighted by atomic mass is 10.1. The van der Waals surface area contributed by atoms with Crippen LogP contribution in [0.4, 0.5) is 10.5 Å². The third kappa shape index (κ3) is 7.05. The number of benzene rings is 2. The third-order valence-electron chi connectivity index (χ3n) is 6.19. The van der Waals surface area contributed by atoms with Crippen molar-refractivity contribution < 1.29 is 14.4 Å². The Morgan fingerprint density at radius 3 is 2.42 bits per heavy atom. The molecule has 1 aromatic heterocycles. The number of nitrogens with one attached hydrogen (secondary N) is 1. The molecule has 0 bridgehead atoms. The van der Waals surface area contributed by atoms with Crippen LogP contribution >= 0.6 is 0 Å². The quantitative estimate of drug-likeness (QED) is 0.482. The van der Waals surface area contributed by atoms with Crippen molar-refractivity contribution in [2.24, 2.45) is 0 Å². The number of hydrogen-bond acceptors (Lipinski definition) is 6. The zero-order chi connectivity index (χ0) is 25.2. The fourth-order valence-corrected chi connectivity index (χ4v) is 4.30. The van der Waals surface area contributed by atoms with E-state index in [1.165, 1.54) is 4.90 Å². The normalized spacial score (nSPS) is 13.8. The minimum absolute atomic E-state index is 0.303. The van der Waals surface area contributed by atoms with E-state index in [-0.39, 0.29) is 0 Å².